The number of allylic oxidation sites excluding steroid dienone is 2. The molecule has 174 valence electrons. The van der Waals surface area contributed by atoms with Gasteiger partial charge in [0.15, 0.2) is 0 Å². The largest absolute Gasteiger partial charge is 0.350 e. The Morgan fingerprint density at radius 1 is 0.528 bits per heavy atom. The number of anilines is 1. The summed E-state index contributed by atoms with van der Waals surface area (Å²) in [4.78, 5) is 2.24. The van der Waals surface area contributed by atoms with Crippen molar-refractivity contribution in [2.75, 3.05) is 11.9 Å². The second kappa shape index (κ2) is 11.2. The zero-order chi connectivity index (χ0) is 24.6. The van der Waals surface area contributed by atoms with Crippen LogP contribution in [0.5, 0.6) is 0 Å². The van der Waals surface area contributed by atoms with E-state index in [0.717, 1.165) is 0 Å². The van der Waals surface area contributed by atoms with Gasteiger partial charge in [-0.2, -0.15) is 0 Å². The van der Waals surface area contributed by atoms with Gasteiger partial charge in [0.25, 0.3) is 0 Å². The monoisotopic (exact) mass is 463 g/mol. The third-order valence-electron chi connectivity index (χ3n) is 6.28. The van der Waals surface area contributed by atoms with Crippen molar-refractivity contribution in [3.05, 3.63) is 168 Å². The summed E-state index contributed by atoms with van der Waals surface area (Å²) in [6, 6.07) is 44.6. The van der Waals surface area contributed by atoms with E-state index in [9.17, 15) is 0 Å². The molecule has 36 heavy (non-hydrogen) atoms. The van der Waals surface area contributed by atoms with Crippen molar-refractivity contribution in [3.63, 3.8) is 0 Å². The van der Waals surface area contributed by atoms with Gasteiger partial charge >= 0.3 is 0 Å². The van der Waals surface area contributed by atoms with Crippen LogP contribution in [0.1, 0.15) is 22.3 Å². The fraction of sp³-hybridized carbons (Fsp3) is 0.0286. The number of fused-ring (bicyclic) bond motifs is 1. The van der Waals surface area contributed by atoms with E-state index in [0.29, 0.717) is 0 Å². The molecule has 0 aliphatic carbocycles. The Balaban J connectivity index is 1.50. The first-order valence-electron chi connectivity index (χ1n) is 12.3. The maximum absolute atomic E-state index is 2.24. The molecule has 0 fully saturated rings. The third-order valence-corrected chi connectivity index (χ3v) is 6.28. The zero-order valence-electron chi connectivity index (χ0n) is 20.5. The molecule has 0 saturated carbocycles. The van der Waals surface area contributed by atoms with E-state index in [4.69, 9.17) is 0 Å². The Bertz CT molecular complexity index is 1470. The molecule has 0 aliphatic rings. The molecule has 0 radical (unpaired) electrons. The quantitative estimate of drug-likeness (QED) is 0.218. The highest BCUT2D eigenvalue weighted by atomic mass is 15.1. The molecular formula is C35H29N. The SMILES string of the molecule is CN(C=C(c1ccccc1)c1ccccc1)c1ccc(/C=C/C=C/c2ccccc2)c2ccccc12. The molecule has 1 nitrogen and oxygen atoms in total. The minimum atomic E-state index is 1.17. The van der Waals surface area contributed by atoms with Gasteiger partial charge in [-0.15, -0.1) is 0 Å². The molecule has 0 atom stereocenters. The second-order valence-corrected chi connectivity index (χ2v) is 8.73. The van der Waals surface area contributed by atoms with E-state index in [1.165, 1.54) is 44.3 Å². The predicted molar refractivity (Wildman–Crippen MR) is 157 cm³/mol. The van der Waals surface area contributed by atoms with E-state index in [-0.39, 0.29) is 0 Å². The van der Waals surface area contributed by atoms with Crippen LogP contribution < -0.4 is 4.90 Å². The van der Waals surface area contributed by atoms with Crippen molar-refractivity contribution < 1.29 is 0 Å². The molecule has 0 amide bonds. The van der Waals surface area contributed by atoms with Gasteiger partial charge < -0.3 is 4.90 Å². The van der Waals surface area contributed by atoms with Gasteiger partial charge in [-0.1, -0.05) is 146 Å². The normalized spacial score (nSPS) is 11.2. The van der Waals surface area contributed by atoms with E-state index in [1.807, 2.05) is 6.07 Å². The maximum atomic E-state index is 2.24. The molecule has 5 aromatic carbocycles. The highest BCUT2D eigenvalue weighted by Gasteiger charge is 2.10. The molecule has 5 aromatic rings. The van der Waals surface area contributed by atoms with Crippen LogP contribution in [-0.4, -0.2) is 7.05 Å². The fourth-order valence-corrected chi connectivity index (χ4v) is 4.46. The van der Waals surface area contributed by atoms with Crippen molar-refractivity contribution in [2.24, 2.45) is 0 Å². The lowest BCUT2D eigenvalue weighted by Crippen LogP contribution is -2.10. The molecule has 5 rings (SSSR count). The van der Waals surface area contributed by atoms with E-state index < -0.39 is 0 Å². The topological polar surface area (TPSA) is 3.24 Å². The highest BCUT2D eigenvalue weighted by Crippen LogP contribution is 2.32. The predicted octanol–water partition coefficient (Wildman–Crippen LogP) is 9.09. The van der Waals surface area contributed by atoms with Gasteiger partial charge in [0, 0.05) is 29.9 Å². The van der Waals surface area contributed by atoms with Crippen molar-refractivity contribution in [1.82, 2.24) is 0 Å². The summed E-state index contributed by atoms with van der Waals surface area (Å²) in [5.41, 5.74) is 7.16. The van der Waals surface area contributed by atoms with Crippen LogP contribution in [0, 0.1) is 0 Å². The molecule has 0 heterocycles. The Morgan fingerprint density at radius 3 is 1.69 bits per heavy atom. The van der Waals surface area contributed by atoms with Gasteiger partial charge in [-0.3, -0.25) is 0 Å². The fourth-order valence-electron chi connectivity index (χ4n) is 4.46. The van der Waals surface area contributed by atoms with Crippen molar-refractivity contribution in [2.45, 2.75) is 0 Å². The van der Waals surface area contributed by atoms with Crippen LogP contribution >= 0.6 is 0 Å². The summed E-state index contributed by atoms with van der Waals surface area (Å²) in [6.45, 7) is 0. The minimum absolute atomic E-state index is 1.17. The molecule has 0 saturated heterocycles. The number of hydrogen-bond donors (Lipinski definition) is 0. The Hall–Kier alpha value is -4.62. The lowest BCUT2D eigenvalue weighted by molar-refractivity contribution is 1.22. The first-order valence-corrected chi connectivity index (χ1v) is 12.3. The van der Waals surface area contributed by atoms with Gasteiger partial charge in [-0.05, 0) is 33.7 Å². The lowest BCUT2D eigenvalue weighted by Gasteiger charge is -2.21. The molecular weight excluding hydrogens is 434 g/mol. The van der Waals surface area contributed by atoms with Crippen molar-refractivity contribution >= 4 is 34.2 Å². The second-order valence-electron chi connectivity index (χ2n) is 8.73. The number of hydrogen-bond acceptors (Lipinski definition) is 1. The van der Waals surface area contributed by atoms with Crippen LogP contribution in [0.3, 0.4) is 0 Å². The molecule has 0 unspecified atom stereocenters. The van der Waals surface area contributed by atoms with Gasteiger partial charge in [0.05, 0.1) is 0 Å². The molecule has 0 bridgehead atoms. The summed E-state index contributed by atoms with van der Waals surface area (Å²) >= 11 is 0. The highest BCUT2D eigenvalue weighted by molar-refractivity contribution is 6.00. The Kier molecular flexibility index (Phi) is 7.20. The van der Waals surface area contributed by atoms with Gasteiger partial charge in [0.2, 0.25) is 0 Å². The summed E-state index contributed by atoms with van der Waals surface area (Å²) < 4.78 is 0. The molecule has 0 aromatic heterocycles. The Labute approximate surface area is 214 Å². The van der Waals surface area contributed by atoms with Crippen molar-refractivity contribution in [1.29, 1.82) is 0 Å². The number of benzene rings is 5. The molecule has 0 spiro atoms. The number of rotatable bonds is 7. The minimum Gasteiger partial charge on any atom is -0.350 e. The zero-order valence-corrected chi connectivity index (χ0v) is 20.5. The first-order chi connectivity index (χ1) is 17.8. The van der Waals surface area contributed by atoms with Crippen molar-refractivity contribution in [3.8, 4) is 0 Å². The van der Waals surface area contributed by atoms with Gasteiger partial charge in [0.1, 0.15) is 0 Å². The summed E-state index contributed by atoms with van der Waals surface area (Å²) in [5, 5.41) is 2.46. The standard InChI is InChI=1S/C35H29N/c1-36(27-34(29-18-7-3-8-19-29)30-20-9-4-10-21-30)35-26-25-31(32-23-13-14-24-33(32)35)22-12-11-17-28-15-5-2-6-16-28/h2-27H,1H3/b17-11+,22-12+. The Morgan fingerprint density at radius 2 is 1.06 bits per heavy atom. The summed E-state index contributed by atoms with van der Waals surface area (Å²) in [7, 11) is 2.13. The maximum Gasteiger partial charge on any atom is 0.0483 e. The van der Waals surface area contributed by atoms with Crippen LogP contribution in [0.25, 0.3) is 28.5 Å². The molecule has 0 aliphatic heterocycles. The first kappa shape index (κ1) is 23.1. The summed E-state index contributed by atoms with van der Waals surface area (Å²) in [6.07, 6.45) is 10.8. The van der Waals surface area contributed by atoms with E-state index in [1.54, 1.807) is 0 Å². The smallest absolute Gasteiger partial charge is 0.0483 e. The lowest BCUT2D eigenvalue weighted by atomic mass is 9.98. The van der Waals surface area contributed by atoms with Crippen LogP contribution in [0.15, 0.2) is 146 Å². The molecule has 1 heteroatoms. The summed E-state index contributed by atoms with van der Waals surface area (Å²) in [5.74, 6) is 0. The third kappa shape index (κ3) is 5.37. The van der Waals surface area contributed by atoms with E-state index >= 15 is 0 Å². The average Bonchev–Trinajstić information content (AvgIpc) is 2.95. The average molecular weight is 464 g/mol. The van der Waals surface area contributed by atoms with Gasteiger partial charge in [-0.25, -0.2) is 0 Å². The molecule has 0 N–H and O–H groups in total. The van der Waals surface area contributed by atoms with Crippen LogP contribution in [0.4, 0.5) is 5.69 Å². The van der Waals surface area contributed by atoms with Crippen LogP contribution in [-0.2, 0) is 0 Å². The number of nitrogens with zero attached hydrogens (tertiary/aromatic N) is 1. The van der Waals surface area contributed by atoms with E-state index in [2.05, 4.69) is 164 Å². The van der Waals surface area contributed by atoms with Crippen LogP contribution in [0.2, 0.25) is 0 Å².